The molecule has 1 fully saturated rings. The van der Waals surface area contributed by atoms with E-state index in [9.17, 15) is 18.0 Å². The molecule has 7 heteroatoms. The van der Waals surface area contributed by atoms with Crippen LogP contribution in [-0.2, 0) is 28.9 Å². The lowest BCUT2D eigenvalue weighted by atomic mass is 9.83. The number of hydrogen-bond acceptors (Lipinski definition) is 6. The first-order valence-electron chi connectivity index (χ1n) is 5.82. The van der Waals surface area contributed by atoms with Crippen molar-refractivity contribution in [3.05, 3.63) is 12.2 Å². The summed E-state index contributed by atoms with van der Waals surface area (Å²) in [5.41, 5.74) is -1.47. The van der Waals surface area contributed by atoms with Gasteiger partial charge in [0.2, 0.25) is 0 Å². The van der Waals surface area contributed by atoms with Crippen LogP contribution in [0.3, 0.4) is 0 Å². The van der Waals surface area contributed by atoms with Crippen molar-refractivity contribution in [2.45, 2.75) is 25.0 Å². The van der Waals surface area contributed by atoms with Gasteiger partial charge in [-0.3, -0.25) is 9.59 Å². The van der Waals surface area contributed by atoms with Crippen molar-refractivity contribution in [2.24, 2.45) is 5.41 Å². The van der Waals surface area contributed by atoms with E-state index in [4.69, 9.17) is 0 Å². The molecule has 0 amide bonds. The summed E-state index contributed by atoms with van der Waals surface area (Å²) in [6.07, 6.45) is -0.0955. The summed E-state index contributed by atoms with van der Waals surface area (Å²) >= 11 is 0. The largest absolute Gasteiger partial charge is 0.468 e. The van der Waals surface area contributed by atoms with Crippen molar-refractivity contribution in [1.82, 2.24) is 0 Å². The summed E-state index contributed by atoms with van der Waals surface area (Å²) in [5, 5.41) is -0.803. The molecule has 0 aromatic heterocycles. The van der Waals surface area contributed by atoms with Gasteiger partial charge in [0.15, 0.2) is 15.3 Å². The molecule has 0 bridgehead atoms. The molecule has 0 heterocycles. The molecule has 0 radical (unpaired) electrons. The summed E-state index contributed by atoms with van der Waals surface area (Å²) in [4.78, 5) is 23.9. The van der Waals surface area contributed by atoms with Gasteiger partial charge in [-0.15, -0.1) is 0 Å². The number of esters is 2. The molecule has 0 aromatic rings. The molecule has 0 spiro atoms. The quantitative estimate of drug-likeness (QED) is 0.425. The normalized spacial score (nSPS) is 22.1. The summed E-state index contributed by atoms with van der Waals surface area (Å²) in [7, 11) is -1.08. The molecule has 19 heavy (non-hydrogen) atoms. The second-order valence-electron chi connectivity index (χ2n) is 4.47. The highest BCUT2D eigenvalue weighted by Gasteiger charge is 2.58. The molecule has 1 aliphatic carbocycles. The molecule has 6 nitrogen and oxygen atoms in total. The zero-order valence-corrected chi connectivity index (χ0v) is 12.1. The van der Waals surface area contributed by atoms with Crippen LogP contribution in [-0.4, -0.2) is 45.6 Å². The van der Waals surface area contributed by atoms with E-state index in [0.29, 0.717) is 0 Å². The van der Waals surface area contributed by atoms with Crippen LogP contribution in [0.1, 0.15) is 19.8 Å². The highest BCUT2D eigenvalue weighted by molar-refractivity contribution is 7.92. The maximum absolute atomic E-state index is 11.9. The first kappa shape index (κ1) is 15.7. The third kappa shape index (κ3) is 2.39. The van der Waals surface area contributed by atoms with Crippen LogP contribution in [0.4, 0.5) is 0 Å². The lowest BCUT2D eigenvalue weighted by Gasteiger charge is -2.24. The van der Waals surface area contributed by atoms with E-state index in [0.717, 1.165) is 14.2 Å². The topological polar surface area (TPSA) is 86.7 Å². The summed E-state index contributed by atoms with van der Waals surface area (Å²) in [6.45, 7) is 5.20. The van der Waals surface area contributed by atoms with Crippen molar-refractivity contribution >= 4 is 21.8 Å². The number of methoxy groups -OCH3 is 2. The number of sulfone groups is 1. The Morgan fingerprint density at radius 2 is 1.79 bits per heavy atom. The second kappa shape index (κ2) is 5.32. The van der Waals surface area contributed by atoms with Gasteiger partial charge in [0.25, 0.3) is 0 Å². The van der Waals surface area contributed by atoms with Gasteiger partial charge in [-0.25, -0.2) is 8.42 Å². The first-order valence-corrected chi connectivity index (χ1v) is 7.54. The van der Waals surface area contributed by atoms with Gasteiger partial charge in [0, 0.05) is 5.75 Å². The maximum atomic E-state index is 11.9. The molecular formula is C12H18O6S. The molecule has 0 saturated heterocycles. The van der Waals surface area contributed by atoms with Gasteiger partial charge in [-0.05, 0) is 18.4 Å². The Morgan fingerprint density at radius 1 is 1.32 bits per heavy atom. The predicted octanol–water partition coefficient (Wildman–Crippen LogP) is 0.472. The Kier molecular flexibility index (Phi) is 4.39. The van der Waals surface area contributed by atoms with Crippen molar-refractivity contribution in [3.63, 3.8) is 0 Å². The molecule has 1 atom stereocenters. The fourth-order valence-corrected chi connectivity index (χ4v) is 3.81. The minimum absolute atomic E-state index is 0.0522. The Morgan fingerprint density at radius 3 is 2.16 bits per heavy atom. The van der Waals surface area contributed by atoms with E-state index in [1.807, 2.05) is 0 Å². The number of carbonyl (C=O) groups excluding carboxylic acids is 2. The van der Waals surface area contributed by atoms with Crippen molar-refractivity contribution in [3.8, 4) is 0 Å². The highest BCUT2D eigenvalue weighted by atomic mass is 32.2. The van der Waals surface area contributed by atoms with Crippen LogP contribution in [0.5, 0.6) is 0 Å². The molecule has 1 aliphatic rings. The SMILES string of the molecule is C=C1C[C@@H](S(=O)(=O)CC)CC1(C(=O)OC)C(=O)OC. The molecule has 0 unspecified atom stereocenters. The predicted molar refractivity (Wildman–Crippen MR) is 68.1 cm³/mol. The highest BCUT2D eigenvalue weighted by Crippen LogP contribution is 2.46. The lowest BCUT2D eigenvalue weighted by molar-refractivity contribution is -0.165. The standard InChI is InChI=1S/C12H18O6S/c1-5-19(15,16)9-6-8(2)12(7-9,10(13)17-3)11(14)18-4/h9H,2,5-7H2,1,3-4H3/t9-/m1/s1. The van der Waals surface area contributed by atoms with E-state index >= 15 is 0 Å². The Labute approximate surface area is 112 Å². The van der Waals surface area contributed by atoms with Crippen molar-refractivity contribution in [1.29, 1.82) is 0 Å². The van der Waals surface area contributed by atoms with Crippen LogP contribution in [0.2, 0.25) is 0 Å². The smallest absolute Gasteiger partial charge is 0.327 e. The van der Waals surface area contributed by atoms with Crippen molar-refractivity contribution < 1.29 is 27.5 Å². The zero-order chi connectivity index (χ0) is 14.8. The minimum Gasteiger partial charge on any atom is -0.468 e. The maximum Gasteiger partial charge on any atom is 0.327 e. The molecule has 0 aliphatic heterocycles. The Balaban J connectivity index is 3.26. The van der Waals surface area contributed by atoms with Crippen LogP contribution >= 0.6 is 0 Å². The van der Waals surface area contributed by atoms with E-state index in [1.165, 1.54) is 6.92 Å². The number of ether oxygens (including phenoxy) is 2. The molecular weight excluding hydrogens is 272 g/mol. The van der Waals surface area contributed by atoms with Gasteiger partial charge in [-0.1, -0.05) is 13.5 Å². The van der Waals surface area contributed by atoms with Crippen LogP contribution in [0.15, 0.2) is 12.2 Å². The fourth-order valence-electron chi connectivity index (χ4n) is 2.38. The van der Waals surface area contributed by atoms with E-state index in [-0.39, 0.29) is 24.2 Å². The summed E-state index contributed by atoms with van der Waals surface area (Å²) in [6, 6.07) is 0. The zero-order valence-electron chi connectivity index (χ0n) is 11.3. The van der Waals surface area contributed by atoms with Crippen LogP contribution in [0.25, 0.3) is 0 Å². The molecule has 0 N–H and O–H groups in total. The van der Waals surface area contributed by atoms with Gasteiger partial charge in [-0.2, -0.15) is 0 Å². The van der Waals surface area contributed by atoms with E-state index in [2.05, 4.69) is 16.1 Å². The summed E-state index contributed by atoms with van der Waals surface area (Å²) in [5.74, 6) is -1.69. The van der Waals surface area contributed by atoms with E-state index in [1.54, 1.807) is 0 Å². The minimum atomic E-state index is -3.36. The molecule has 1 rings (SSSR count). The third-order valence-electron chi connectivity index (χ3n) is 3.59. The number of rotatable bonds is 4. The number of carbonyl (C=O) groups is 2. The van der Waals surface area contributed by atoms with Gasteiger partial charge in [0.05, 0.1) is 19.5 Å². The van der Waals surface area contributed by atoms with Crippen LogP contribution < -0.4 is 0 Å². The summed E-state index contributed by atoms with van der Waals surface area (Å²) < 4.78 is 33.1. The number of hydrogen-bond donors (Lipinski definition) is 0. The Hall–Kier alpha value is -1.37. The monoisotopic (exact) mass is 290 g/mol. The van der Waals surface area contributed by atoms with Gasteiger partial charge in [0.1, 0.15) is 0 Å². The molecule has 1 saturated carbocycles. The average molecular weight is 290 g/mol. The fraction of sp³-hybridized carbons (Fsp3) is 0.667. The lowest BCUT2D eigenvalue weighted by Crippen LogP contribution is -2.41. The second-order valence-corrected chi connectivity index (χ2v) is 7.04. The first-order chi connectivity index (χ1) is 8.76. The van der Waals surface area contributed by atoms with Gasteiger partial charge >= 0.3 is 11.9 Å². The van der Waals surface area contributed by atoms with Crippen LogP contribution in [0, 0.1) is 5.41 Å². The third-order valence-corrected chi connectivity index (χ3v) is 5.74. The van der Waals surface area contributed by atoms with Gasteiger partial charge < -0.3 is 9.47 Å². The average Bonchev–Trinajstić information content (AvgIpc) is 2.76. The van der Waals surface area contributed by atoms with E-state index < -0.39 is 32.4 Å². The molecule has 0 aromatic carbocycles. The Bertz CT molecular complexity index is 488. The molecule has 108 valence electrons. The van der Waals surface area contributed by atoms with Crippen molar-refractivity contribution in [2.75, 3.05) is 20.0 Å².